The normalized spacial score (nSPS) is 35.6. The predicted octanol–water partition coefficient (Wildman–Crippen LogP) is 3.64. The van der Waals surface area contributed by atoms with Crippen molar-refractivity contribution in [2.45, 2.75) is 42.9 Å². The van der Waals surface area contributed by atoms with Gasteiger partial charge in [-0.25, -0.2) is 0 Å². The fourth-order valence-electron chi connectivity index (χ4n) is 2.62. The van der Waals surface area contributed by atoms with Crippen LogP contribution in [0.15, 0.2) is 23.3 Å². The van der Waals surface area contributed by atoms with Crippen LogP contribution in [0.5, 0.6) is 0 Å². The first-order valence-corrected chi connectivity index (χ1v) is 6.84. The minimum atomic E-state index is 0.106. The van der Waals surface area contributed by atoms with E-state index in [1.807, 2.05) is 0 Å². The standard InChI is InChI=1S/C13H18Cl2O/c14-12-5-11(6-13(15)7-12)10-3-1-9(8-16)2-4-10/h1,5,10,12-13,16H,2-4,6-8H2. The van der Waals surface area contributed by atoms with Crippen molar-refractivity contribution in [2.75, 3.05) is 6.61 Å². The zero-order chi connectivity index (χ0) is 11.5. The van der Waals surface area contributed by atoms with Crippen molar-refractivity contribution in [1.82, 2.24) is 0 Å². The molecule has 0 heterocycles. The third-order valence-corrected chi connectivity index (χ3v) is 4.20. The van der Waals surface area contributed by atoms with Gasteiger partial charge in [0.25, 0.3) is 0 Å². The number of allylic oxidation sites excluding steroid dienone is 3. The third-order valence-electron chi connectivity index (χ3n) is 3.57. The van der Waals surface area contributed by atoms with Crippen molar-refractivity contribution in [1.29, 1.82) is 0 Å². The quantitative estimate of drug-likeness (QED) is 0.594. The molecule has 0 radical (unpaired) electrons. The van der Waals surface area contributed by atoms with Crippen molar-refractivity contribution in [3.63, 3.8) is 0 Å². The van der Waals surface area contributed by atoms with E-state index in [1.54, 1.807) is 0 Å². The van der Waals surface area contributed by atoms with Gasteiger partial charge in [0.05, 0.1) is 12.0 Å². The summed E-state index contributed by atoms with van der Waals surface area (Å²) >= 11 is 12.4. The fraction of sp³-hybridized carbons (Fsp3) is 0.692. The zero-order valence-corrected chi connectivity index (χ0v) is 10.8. The van der Waals surface area contributed by atoms with Gasteiger partial charge in [-0.1, -0.05) is 17.7 Å². The minimum Gasteiger partial charge on any atom is -0.392 e. The number of halogens is 2. The predicted molar refractivity (Wildman–Crippen MR) is 69.1 cm³/mol. The van der Waals surface area contributed by atoms with Gasteiger partial charge >= 0.3 is 0 Å². The number of hydrogen-bond donors (Lipinski definition) is 1. The van der Waals surface area contributed by atoms with Gasteiger partial charge in [-0.05, 0) is 43.6 Å². The van der Waals surface area contributed by atoms with Crippen LogP contribution in [0.1, 0.15) is 32.1 Å². The van der Waals surface area contributed by atoms with Crippen molar-refractivity contribution >= 4 is 23.2 Å². The average Bonchev–Trinajstić information content (AvgIpc) is 2.28. The molecule has 1 N–H and O–H groups in total. The van der Waals surface area contributed by atoms with Crippen LogP contribution in [0.2, 0.25) is 0 Å². The molecule has 0 saturated heterocycles. The molecule has 3 heteroatoms. The van der Waals surface area contributed by atoms with Gasteiger partial charge in [-0.3, -0.25) is 0 Å². The summed E-state index contributed by atoms with van der Waals surface area (Å²) in [6.07, 6.45) is 9.42. The second kappa shape index (κ2) is 5.57. The second-order valence-corrected chi connectivity index (χ2v) is 5.96. The van der Waals surface area contributed by atoms with E-state index in [-0.39, 0.29) is 17.4 Å². The monoisotopic (exact) mass is 260 g/mol. The van der Waals surface area contributed by atoms with Crippen LogP contribution in [0.4, 0.5) is 0 Å². The molecule has 0 saturated carbocycles. The summed E-state index contributed by atoms with van der Waals surface area (Å²) in [7, 11) is 0. The van der Waals surface area contributed by atoms with Gasteiger partial charge in [0.2, 0.25) is 0 Å². The van der Waals surface area contributed by atoms with Crippen LogP contribution in [-0.2, 0) is 0 Å². The molecule has 16 heavy (non-hydrogen) atoms. The molecule has 3 atom stereocenters. The Morgan fingerprint density at radius 3 is 2.75 bits per heavy atom. The molecule has 0 amide bonds. The highest BCUT2D eigenvalue weighted by Gasteiger charge is 2.25. The lowest BCUT2D eigenvalue weighted by molar-refractivity contribution is 0.318. The van der Waals surface area contributed by atoms with Gasteiger partial charge in [0, 0.05) is 5.38 Å². The second-order valence-electron chi connectivity index (χ2n) is 4.79. The molecule has 0 fully saturated rings. The first-order chi connectivity index (χ1) is 7.69. The molecule has 2 aliphatic carbocycles. The molecule has 0 aromatic rings. The first kappa shape index (κ1) is 12.5. The number of rotatable bonds is 2. The van der Waals surface area contributed by atoms with Crippen molar-refractivity contribution in [3.05, 3.63) is 23.3 Å². The summed E-state index contributed by atoms with van der Waals surface area (Å²) in [4.78, 5) is 0. The lowest BCUT2D eigenvalue weighted by Crippen LogP contribution is -2.20. The maximum atomic E-state index is 9.05. The molecular weight excluding hydrogens is 243 g/mol. The summed E-state index contributed by atoms with van der Waals surface area (Å²) in [6, 6.07) is 0. The number of aliphatic hydroxyl groups is 1. The fourth-order valence-corrected chi connectivity index (χ4v) is 3.46. The number of hydrogen-bond acceptors (Lipinski definition) is 1. The Hall–Kier alpha value is 0.0200. The van der Waals surface area contributed by atoms with Crippen molar-refractivity contribution < 1.29 is 5.11 Å². The largest absolute Gasteiger partial charge is 0.392 e. The van der Waals surface area contributed by atoms with E-state index in [1.165, 1.54) is 11.1 Å². The van der Waals surface area contributed by atoms with Gasteiger partial charge in [-0.15, -0.1) is 23.2 Å². The lowest BCUT2D eigenvalue weighted by Gasteiger charge is -2.29. The van der Waals surface area contributed by atoms with Gasteiger partial charge < -0.3 is 5.11 Å². The molecule has 3 unspecified atom stereocenters. The van der Waals surface area contributed by atoms with E-state index in [9.17, 15) is 0 Å². The van der Waals surface area contributed by atoms with Crippen LogP contribution in [0.3, 0.4) is 0 Å². The number of alkyl halides is 2. The molecule has 90 valence electrons. The van der Waals surface area contributed by atoms with Crippen LogP contribution >= 0.6 is 23.2 Å². The Morgan fingerprint density at radius 2 is 2.19 bits per heavy atom. The summed E-state index contributed by atoms with van der Waals surface area (Å²) in [5, 5.41) is 9.35. The average molecular weight is 261 g/mol. The molecule has 2 aliphatic rings. The molecule has 0 aromatic heterocycles. The minimum absolute atomic E-state index is 0.106. The summed E-state index contributed by atoms with van der Waals surface area (Å²) < 4.78 is 0. The molecule has 0 spiro atoms. The van der Waals surface area contributed by atoms with E-state index in [2.05, 4.69) is 12.2 Å². The Labute approximate surface area is 107 Å². The SMILES string of the molecule is OCC1=CCC(C2=CC(Cl)CC(Cl)C2)CC1. The Kier molecular flexibility index (Phi) is 4.34. The van der Waals surface area contributed by atoms with Crippen LogP contribution in [0, 0.1) is 5.92 Å². The highest BCUT2D eigenvalue weighted by atomic mass is 35.5. The molecule has 0 aliphatic heterocycles. The van der Waals surface area contributed by atoms with Gasteiger partial charge in [-0.2, -0.15) is 0 Å². The maximum Gasteiger partial charge on any atom is 0.0641 e. The molecule has 0 bridgehead atoms. The molecular formula is C13H18Cl2O. The van der Waals surface area contributed by atoms with Crippen LogP contribution in [0.25, 0.3) is 0 Å². The Bertz CT molecular complexity index is 309. The van der Waals surface area contributed by atoms with E-state index in [0.29, 0.717) is 5.92 Å². The highest BCUT2D eigenvalue weighted by Crippen LogP contribution is 2.36. The van der Waals surface area contributed by atoms with Crippen molar-refractivity contribution in [2.24, 2.45) is 5.92 Å². The van der Waals surface area contributed by atoms with E-state index >= 15 is 0 Å². The maximum absolute atomic E-state index is 9.05. The van der Waals surface area contributed by atoms with Crippen molar-refractivity contribution in [3.8, 4) is 0 Å². The van der Waals surface area contributed by atoms with Crippen LogP contribution < -0.4 is 0 Å². The van der Waals surface area contributed by atoms with E-state index in [4.69, 9.17) is 28.3 Å². The molecule has 2 rings (SSSR count). The van der Waals surface area contributed by atoms with E-state index in [0.717, 1.165) is 32.1 Å². The smallest absolute Gasteiger partial charge is 0.0641 e. The van der Waals surface area contributed by atoms with Crippen LogP contribution in [-0.4, -0.2) is 22.5 Å². The van der Waals surface area contributed by atoms with E-state index < -0.39 is 0 Å². The highest BCUT2D eigenvalue weighted by molar-refractivity contribution is 6.24. The first-order valence-electron chi connectivity index (χ1n) is 5.96. The summed E-state index contributed by atoms with van der Waals surface area (Å²) in [5.74, 6) is 0.595. The topological polar surface area (TPSA) is 20.2 Å². The Balaban J connectivity index is 2.01. The Morgan fingerprint density at radius 1 is 1.38 bits per heavy atom. The van der Waals surface area contributed by atoms with Gasteiger partial charge in [0.15, 0.2) is 0 Å². The third kappa shape index (κ3) is 3.03. The summed E-state index contributed by atoms with van der Waals surface area (Å²) in [6.45, 7) is 0.210. The van der Waals surface area contributed by atoms with Gasteiger partial charge in [0.1, 0.15) is 0 Å². The zero-order valence-electron chi connectivity index (χ0n) is 9.33. The summed E-state index contributed by atoms with van der Waals surface area (Å²) in [5.41, 5.74) is 2.61. The molecule has 1 nitrogen and oxygen atoms in total. The molecule has 0 aromatic carbocycles. The lowest BCUT2D eigenvalue weighted by atomic mass is 9.80. The number of aliphatic hydroxyl groups excluding tert-OH is 1.